The zero-order valence-electron chi connectivity index (χ0n) is 13.9. The van der Waals surface area contributed by atoms with Crippen LogP contribution < -0.4 is 0 Å². The molecular formula is C20H20N2O2S. The van der Waals surface area contributed by atoms with E-state index in [0.29, 0.717) is 18.8 Å². The summed E-state index contributed by atoms with van der Waals surface area (Å²) in [5.41, 5.74) is 2.12. The van der Waals surface area contributed by atoms with Crippen LogP contribution >= 0.6 is 11.3 Å². The van der Waals surface area contributed by atoms with Gasteiger partial charge in [-0.3, -0.25) is 4.79 Å². The molecule has 0 N–H and O–H groups in total. The van der Waals surface area contributed by atoms with Crippen molar-refractivity contribution in [2.75, 3.05) is 13.1 Å². The Balaban J connectivity index is 1.31. The minimum Gasteiger partial charge on any atom is -0.469 e. The van der Waals surface area contributed by atoms with Crippen LogP contribution in [0.5, 0.6) is 0 Å². The highest BCUT2D eigenvalue weighted by Gasteiger charge is 2.28. The van der Waals surface area contributed by atoms with E-state index in [1.54, 1.807) is 17.6 Å². The summed E-state index contributed by atoms with van der Waals surface area (Å²) < 4.78 is 5.47. The van der Waals surface area contributed by atoms with Crippen molar-refractivity contribution in [2.45, 2.75) is 25.2 Å². The van der Waals surface area contributed by atoms with Crippen LogP contribution in [0.4, 0.5) is 0 Å². The number of aryl methyl sites for hydroxylation is 1. The van der Waals surface area contributed by atoms with Crippen LogP contribution in [0, 0.1) is 0 Å². The minimum atomic E-state index is 0.213. The third-order valence-electron chi connectivity index (χ3n) is 4.66. The summed E-state index contributed by atoms with van der Waals surface area (Å²) in [6.45, 7) is 1.58. The lowest BCUT2D eigenvalue weighted by Gasteiger charge is -2.15. The molecule has 3 aromatic rings. The number of hydrogen-bond donors (Lipinski definition) is 0. The summed E-state index contributed by atoms with van der Waals surface area (Å²) in [7, 11) is 0. The van der Waals surface area contributed by atoms with Gasteiger partial charge in [-0.15, -0.1) is 11.3 Å². The molecule has 5 heteroatoms. The molecule has 1 saturated heterocycles. The zero-order valence-corrected chi connectivity index (χ0v) is 14.7. The van der Waals surface area contributed by atoms with E-state index in [-0.39, 0.29) is 5.91 Å². The SMILES string of the molecule is O=C(CCc1nc(-c2ccccc2)cs1)N1CCC(c2ccco2)C1. The van der Waals surface area contributed by atoms with Crippen LogP contribution in [0.15, 0.2) is 58.5 Å². The van der Waals surface area contributed by atoms with Gasteiger partial charge in [0.15, 0.2) is 0 Å². The number of aromatic nitrogens is 1. The molecule has 4 nitrogen and oxygen atoms in total. The number of nitrogens with zero attached hydrogens (tertiary/aromatic N) is 2. The highest BCUT2D eigenvalue weighted by Crippen LogP contribution is 2.28. The smallest absolute Gasteiger partial charge is 0.223 e. The van der Waals surface area contributed by atoms with Gasteiger partial charge in [-0.25, -0.2) is 4.98 Å². The van der Waals surface area contributed by atoms with Crippen molar-refractivity contribution in [1.29, 1.82) is 0 Å². The molecule has 0 saturated carbocycles. The average Bonchev–Trinajstić information content (AvgIpc) is 3.41. The van der Waals surface area contributed by atoms with Gasteiger partial charge in [0.05, 0.1) is 17.0 Å². The highest BCUT2D eigenvalue weighted by molar-refractivity contribution is 7.09. The van der Waals surface area contributed by atoms with Gasteiger partial charge in [-0.1, -0.05) is 30.3 Å². The molecule has 4 rings (SSSR count). The number of hydrogen-bond acceptors (Lipinski definition) is 4. The number of amides is 1. The highest BCUT2D eigenvalue weighted by atomic mass is 32.1. The third kappa shape index (κ3) is 3.66. The van der Waals surface area contributed by atoms with Crippen molar-refractivity contribution in [3.63, 3.8) is 0 Å². The Labute approximate surface area is 151 Å². The van der Waals surface area contributed by atoms with E-state index in [4.69, 9.17) is 4.42 Å². The van der Waals surface area contributed by atoms with Crippen LogP contribution in [0.3, 0.4) is 0 Å². The molecule has 2 aromatic heterocycles. The zero-order chi connectivity index (χ0) is 17.1. The van der Waals surface area contributed by atoms with Gasteiger partial charge < -0.3 is 9.32 Å². The van der Waals surface area contributed by atoms with Crippen LogP contribution in [-0.4, -0.2) is 28.9 Å². The molecular weight excluding hydrogens is 332 g/mol. The van der Waals surface area contributed by atoms with Gasteiger partial charge in [0.1, 0.15) is 5.76 Å². The Hall–Kier alpha value is -2.40. The minimum absolute atomic E-state index is 0.213. The fourth-order valence-electron chi connectivity index (χ4n) is 3.28. The van der Waals surface area contributed by atoms with Gasteiger partial charge in [0.2, 0.25) is 5.91 Å². The van der Waals surface area contributed by atoms with Crippen molar-refractivity contribution in [1.82, 2.24) is 9.88 Å². The molecule has 1 atom stereocenters. The van der Waals surface area contributed by atoms with Gasteiger partial charge in [0, 0.05) is 42.8 Å². The second-order valence-electron chi connectivity index (χ2n) is 6.33. The first-order chi connectivity index (χ1) is 12.3. The molecule has 128 valence electrons. The maximum atomic E-state index is 12.5. The van der Waals surface area contributed by atoms with Gasteiger partial charge in [-0.2, -0.15) is 0 Å². The van der Waals surface area contributed by atoms with Gasteiger partial charge in [-0.05, 0) is 18.6 Å². The fraction of sp³-hybridized carbons (Fsp3) is 0.300. The van der Waals surface area contributed by atoms with Crippen molar-refractivity contribution >= 4 is 17.2 Å². The molecule has 0 bridgehead atoms. The number of benzene rings is 1. The first-order valence-electron chi connectivity index (χ1n) is 8.60. The number of likely N-dealkylation sites (tertiary alicyclic amines) is 1. The quantitative estimate of drug-likeness (QED) is 0.686. The number of carbonyl (C=O) groups excluding carboxylic acids is 1. The summed E-state index contributed by atoms with van der Waals surface area (Å²) in [6.07, 6.45) is 3.91. The van der Waals surface area contributed by atoms with E-state index < -0.39 is 0 Å². The third-order valence-corrected chi connectivity index (χ3v) is 5.57. The van der Waals surface area contributed by atoms with Crippen molar-refractivity contribution in [2.24, 2.45) is 0 Å². The number of furan rings is 1. The van der Waals surface area contributed by atoms with Crippen LogP contribution in [0.25, 0.3) is 11.3 Å². The second kappa shape index (κ2) is 7.23. The lowest BCUT2D eigenvalue weighted by Crippen LogP contribution is -2.28. The molecule has 0 spiro atoms. The van der Waals surface area contributed by atoms with Crippen LogP contribution in [0.2, 0.25) is 0 Å². The molecule has 25 heavy (non-hydrogen) atoms. The molecule has 1 fully saturated rings. The summed E-state index contributed by atoms with van der Waals surface area (Å²) in [5.74, 6) is 1.54. The maximum Gasteiger partial charge on any atom is 0.223 e. The Bertz CT molecular complexity index is 827. The summed E-state index contributed by atoms with van der Waals surface area (Å²) in [4.78, 5) is 19.1. The van der Waals surface area contributed by atoms with E-state index in [9.17, 15) is 4.79 Å². The predicted octanol–water partition coefficient (Wildman–Crippen LogP) is 4.35. The van der Waals surface area contributed by atoms with E-state index in [1.165, 1.54) is 0 Å². The largest absolute Gasteiger partial charge is 0.469 e. The summed E-state index contributed by atoms with van der Waals surface area (Å²) in [5, 5.41) is 3.09. The predicted molar refractivity (Wildman–Crippen MR) is 98.5 cm³/mol. The fourth-order valence-corrected chi connectivity index (χ4v) is 4.09. The number of thiazole rings is 1. The van der Waals surface area contributed by atoms with Gasteiger partial charge in [0.25, 0.3) is 0 Å². The lowest BCUT2D eigenvalue weighted by molar-refractivity contribution is -0.130. The van der Waals surface area contributed by atoms with Crippen molar-refractivity contribution < 1.29 is 9.21 Å². The Kier molecular flexibility index (Phi) is 4.65. The monoisotopic (exact) mass is 352 g/mol. The van der Waals surface area contributed by atoms with E-state index in [2.05, 4.69) is 22.5 Å². The van der Waals surface area contributed by atoms with E-state index in [0.717, 1.165) is 41.5 Å². The molecule has 3 heterocycles. The van der Waals surface area contributed by atoms with Gasteiger partial charge >= 0.3 is 0 Å². The Morgan fingerprint density at radius 3 is 2.92 bits per heavy atom. The molecule has 1 amide bonds. The van der Waals surface area contributed by atoms with Crippen molar-refractivity contribution in [3.05, 3.63) is 64.9 Å². The second-order valence-corrected chi connectivity index (χ2v) is 7.28. The average molecular weight is 352 g/mol. The molecule has 1 aliphatic heterocycles. The van der Waals surface area contributed by atoms with E-state index >= 15 is 0 Å². The lowest BCUT2D eigenvalue weighted by atomic mass is 10.1. The standard InChI is InChI=1S/C20H20N2O2S/c23-20(22-11-10-16(13-22)18-7-4-12-24-18)9-8-19-21-17(14-25-19)15-5-2-1-3-6-15/h1-7,12,14,16H,8-11,13H2. The molecule has 0 radical (unpaired) electrons. The first kappa shape index (κ1) is 16.1. The number of rotatable bonds is 5. The molecule has 1 aromatic carbocycles. The number of carbonyl (C=O) groups is 1. The van der Waals surface area contributed by atoms with Crippen LogP contribution in [-0.2, 0) is 11.2 Å². The summed E-state index contributed by atoms with van der Waals surface area (Å²) >= 11 is 1.63. The molecule has 0 aliphatic carbocycles. The Morgan fingerprint density at radius 1 is 1.24 bits per heavy atom. The first-order valence-corrected chi connectivity index (χ1v) is 9.48. The summed E-state index contributed by atoms with van der Waals surface area (Å²) in [6, 6.07) is 14.1. The normalized spacial score (nSPS) is 17.1. The molecule has 1 aliphatic rings. The van der Waals surface area contributed by atoms with Crippen molar-refractivity contribution in [3.8, 4) is 11.3 Å². The molecule has 1 unspecified atom stereocenters. The van der Waals surface area contributed by atoms with E-state index in [1.807, 2.05) is 35.2 Å². The van der Waals surface area contributed by atoms with Crippen LogP contribution in [0.1, 0.15) is 29.5 Å². The topological polar surface area (TPSA) is 46.3 Å². The maximum absolute atomic E-state index is 12.5. The Morgan fingerprint density at radius 2 is 2.12 bits per heavy atom.